The number of carbonyl (C=O) groups excluding carboxylic acids is 1. The number of nitrogens with zero attached hydrogens (tertiary/aromatic N) is 3. The summed E-state index contributed by atoms with van der Waals surface area (Å²) in [7, 11) is -3.71. The highest BCUT2D eigenvalue weighted by Gasteiger charge is 2.24. The zero-order chi connectivity index (χ0) is 22.6. The third-order valence-corrected chi connectivity index (χ3v) is 7.09. The number of hydrogen-bond acceptors (Lipinski definition) is 5. The van der Waals surface area contributed by atoms with Crippen molar-refractivity contribution in [2.24, 2.45) is 0 Å². The second kappa shape index (κ2) is 9.55. The van der Waals surface area contributed by atoms with Gasteiger partial charge in [-0.25, -0.2) is 18.4 Å². The Kier molecular flexibility index (Phi) is 7.04. The zero-order valence-corrected chi connectivity index (χ0v) is 19.0. The van der Waals surface area contributed by atoms with Crippen LogP contribution in [-0.4, -0.2) is 41.7 Å². The summed E-state index contributed by atoms with van der Waals surface area (Å²) in [5.41, 5.74) is 2.16. The van der Waals surface area contributed by atoms with Crippen LogP contribution < -0.4 is 5.32 Å². The first-order chi connectivity index (χ1) is 14.8. The maximum Gasteiger partial charge on any atom is 0.257 e. The molecule has 1 heterocycles. The van der Waals surface area contributed by atoms with Crippen molar-refractivity contribution in [2.45, 2.75) is 25.7 Å². The van der Waals surface area contributed by atoms with Gasteiger partial charge in [-0.1, -0.05) is 37.6 Å². The first-order valence-electron chi connectivity index (χ1n) is 9.77. The quantitative estimate of drug-likeness (QED) is 0.566. The third-order valence-electron chi connectivity index (χ3n) is 4.72. The van der Waals surface area contributed by atoms with E-state index >= 15 is 0 Å². The molecule has 0 fully saturated rings. The molecule has 0 unspecified atom stereocenters. The molecule has 7 nitrogen and oxygen atoms in total. The molecule has 0 saturated carbocycles. The number of benzene rings is 2. The van der Waals surface area contributed by atoms with Crippen molar-refractivity contribution < 1.29 is 13.2 Å². The predicted octanol–water partition coefficient (Wildman–Crippen LogP) is 4.39. The second-order valence-corrected chi connectivity index (χ2v) is 9.10. The van der Waals surface area contributed by atoms with Gasteiger partial charge in [0.25, 0.3) is 5.91 Å². The first kappa shape index (κ1) is 22.9. The summed E-state index contributed by atoms with van der Waals surface area (Å²) in [6, 6.07) is 13.1. The van der Waals surface area contributed by atoms with E-state index in [4.69, 9.17) is 11.6 Å². The monoisotopic (exact) mass is 458 g/mol. The van der Waals surface area contributed by atoms with Crippen LogP contribution in [0.15, 0.2) is 59.6 Å². The SMILES string of the molecule is CCN(CC)S(=O)(=O)c1ccc(Cl)c(C(=O)Nc2cccc(-c3ccnc(C)n3)c2)c1. The number of carbonyl (C=O) groups is 1. The van der Waals surface area contributed by atoms with Crippen LogP contribution in [0.5, 0.6) is 0 Å². The van der Waals surface area contributed by atoms with E-state index in [0.717, 1.165) is 11.3 Å². The maximum atomic E-state index is 12.9. The van der Waals surface area contributed by atoms with Crippen LogP contribution in [0.3, 0.4) is 0 Å². The van der Waals surface area contributed by atoms with Crippen molar-refractivity contribution in [1.29, 1.82) is 0 Å². The number of aromatic nitrogens is 2. The van der Waals surface area contributed by atoms with Gasteiger partial charge in [0.1, 0.15) is 5.82 Å². The van der Waals surface area contributed by atoms with Gasteiger partial charge in [-0.05, 0) is 43.3 Å². The molecule has 0 saturated heterocycles. The van der Waals surface area contributed by atoms with Crippen molar-refractivity contribution >= 4 is 33.2 Å². The minimum atomic E-state index is -3.71. The Morgan fingerprint density at radius 3 is 2.52 bits per heavy atom. The molecule has 1 amide bonds. The van der Waals surface area contributed by atoms with E-state index in [9.17, 15) is 13.2 Å². The fourth-order valence-corrected chi connectivity index (χ4v) is 4.81. The standard InChI is InChI=1S/C22H23ClN4O3S/c1-4-27(5-2)31(29,30)18-9-10-20(23)19(14-18)22(28)26-17-8-6-7-16(13-17)21-11-12-24-15(3)25-21/h6-14H,4-5H2,1-3H3,(H,26,28). The molecule has 3 rings (SSSR count). The van der Waals surface area contributed by atoms with Crippen molar-refractivity contribution in [3.63, 3.8) is 0 Å². The van der Waals surface area contributed by atoms with Crippen LogP contribution >= 0.6 is 11.6 Å². The molecule has 3 aromatic rings. The Bertz CT molecular complexity index is 1210. The lowest BCUT2D eigenvalue weighted by molar-refractivity contribution is 0.102. The van der Waals surface area contributed by atoms with Crippen molar-refractivity contribution in [3.8, 4) is 11.3 Å². The summed E-state index contributed by atoms with van der Waals surface area (Å²) in [5, 5.41) is 2.95. The van der Waals surface area contributed by atoms with Gasteiger partial charge in [-0.2, -0.15) is 4.31 Å². The average Bonchev–Trinajstić information content (AvgIpc) is 2.74. The fourth-order valence-electron chi connectivity index (χ4n) is 3.12. The van der Waals surface area contributed by atoms with E-state index in [2.05, 4.69) is 15.3 Å². The van der Waals surface area contributed by atoms with E-state index in [0.29, 0.717) is 24.6 Å². The van der Waals surface area contributed by atoms with Crippen LogP contribution in [0.4, 0.5) is 5.69 Å². The number of aryl methyl sites for hydroxylation is 1. The molecular formula is C22H23ClN4O3S. The summed E-state index contributed by atoms with van der Waals surface area (Å²) < 4.78 is 26.9. The molecule has 0 spiro atoms. The van der Waals surface area contributed by atoms with Gasteiger partial charge >= 0.3 is 0 Å². The third kappa shape index (κ3) is 5.10. The molecule has 0 bridgehead atoms. The van der Waals surface area contributed by atoms with Crippen LogP contribution in [0, 0.1) is 6.92 Å². The van der Waals surface area contributed by atoms with Crippen molar-refractivity contribution in [2.75, 3.05) is 18.4 Å². The molecular weight excluding hydrogens is 436 g/mol. The molecule has 1 N–H and O–H groups in total. The molecule has 1 aromatic heterocycles. The maximum absolute atomic E-state index is 12.9. The molecule has 0 aliphatic rings. The highest BCUT2D eigenvalue weighted by Crippen LogP contribution is 2.25. The highest BCUT2D eigenvalue weighted by atomic mass is 35.5. The zero-order valence-electron chi connectivity index (χ0n) is 17.5. The minimum absolute atomic E-state index is 0.0240. The van der Waals surface area contributed by atoms with Crippen molar-refractivity contribution in [1.82, 2.24) is 14.3 Å². The lowest BCUT2D eigenvalue weighted by Gasteiger charge is -2.19. The van der Waals surface area contributed by atoms with Gasteiger partial charge in [0, 0.05) is 30.5 Å². The molecule has 31 heavy (non-hydrogen) atoms. The number of halogens is 1. The predicted molar refractivity (Wildman–Crippen MR) is 122 cm³/mol. The van der Waals surface area contributed by atoms with E-state index in [1.165, 1.54) is 22.5 Å². The molecule has 162 valence electrons. The normalized spacial score (nSPS) is 11.5. The number of anilines is 1. The summed E-state index contributed by atoms with van der Waals surface area (Å²) in [6.45, 7) is 5.99. The van der Waals surface area contributed by atoms with E-state index < -0.39 is 15.9 Å². The van der Waals surface area contributed by atoms with Crippen LogP contribution in [0.25, 0.3) is 11.3 Å². The molecule has 9 heteroatoms. The number of sulfonamides is 1. The van der Waals surface area contributed by atoms with E-state index in [1.54, 1.807) is 51.2 Å². The smallest absolute Gasteiger partial charge is 0.257 e. The minimum Gasteiger partial charge on any atom is -0.322 e. The van der Waals surface area contributed by atoms with Gasteiger partial charge < -0.3 is 5.32 Å². The summed E-state index contributed by atoms with van der Waals surface area (Å²) in [6.07, 6.45) is 1.67. The summed E-state index contributed by atoms with van der Waals surface area (Å²) in [4.78, 5) is 21.4. The van der Waals surface area contributed by atoms with Gasteiger partial charge in [0.05, 0.1) is 21.2 Å². The Balaban J connectivity index is 1.90. The second-order valence-electron chi connectivity index (χ2n) is 6.76. The molecule has 0 atom stereocenters. The van der Waals surface area contributed by atoms with Crippen LogP contribution in [-0.2, 0) is 10.0 Å². The lowest BCUT2D eigenvalue weighted by atomic mass is 10.1. The Morgan fingerprint density at radius 2 is 1.84 bits per heavy atom. The van der Waals surface area contributed by atoms with Crippen molar-refractivity contribution in [3.05, 3.63) is 71.1 Å². The molecule has 0 radical (unpaired) electrons. The van der Waals surface area contributed by atoms with Crippen LogP contribution in [0.1, 0.15) is 30.0 Å². The fraction of sp³-hybridized carbons (Fsp3) is 0.227. The number of nitrogens with one attached hydrogen (secondary N) is 1. The number of rotatable bonds is 7. The Labute approximate surface area is 187 Å². The lowest BCUT2D eigenvalue weighted by Crippen LogP contribution is -2.30. The largest absolute Gasteiger partial charge is 0.322 e. The summed E-state index contributed by atoms with van der Waals surface area (Å²) in [5.74, 6) is 0.141. The first-order valence-corrected chi connectivity index (χ1v) is 11.6. The molecule has 0 aliphatic heterocycles. The Morgan fingerprint density at radius 1 is 1.10 bits per heavy atom. The van der Waals surface area contributed by atoms with Gasteiger partial charge in [0.2, 0.25) is 10.0 Å². The molecule has 2 aromatic carbocycles. The van der Waals surface area contributed by atoms with E-state index in [-0.39, 0.29) is 15.5 Å². The topological polar surface area (TPSA) is 92.3 Å². The van der Waals surface area contributed by atoms with E-state index in [1.807, 2.05) is 6.07 Å². The van der Waals surface area contributed by atoms with Gasteiger partial charge in [0.15, 0.2) is 0 Å². The summed E-state index contributed by atoms with van der Waals surface area (Å²) >= 11 is 6.21. The number of amides is 1. The molecule has 0 aliphatic carbocycles. The van der Waals surface area contributed by atoms with Gasteiger partial charge in [-0.3, -0.25) is 4.79 Å². The number of hydrogen-bond donors (Lipinski definition) is 1. The van der Waals surface area contributed by atoms with Gasteiger partial charge in [-0.15, -0.1) is 0 Å². The Hall–Kier alpha value is -2.81. The van der Waals surface area contributed by atoms with Crippen LogP contribution in [0.2, 0.25) is 5.02 Å². The average molecular weight is 459 g/mol. The highest BCUT2D eigenvalue weighted by molar-refractivity contribution is 7.89.